The summed E-state index contributed by atoms with van der Waals surface area (Å²) in [5.41, 5.74) is 0. The van der Waals surface area contributed by atoms with Gasteiger partial charge in [-0.05, 0) is 0 Å². The number of hydrogen-bond acceptors (Lipinski definition) is 0. The minimum Gasteiger partial charge on any atom is -1.00 e. The molecule has 0 aromatic carbocycles. The maximum atomic E-state index is 0. The maximum absolute atomic E-state index is 0. The molecule has 0 aliphatic rings. The van der Waals surface area contributed by atoms with Crippen molar-refractivity contribution in [2.24, 2.45) is 0 Å². The zero-order valence-corrected chi connectivity index (χ0v) is 9.15. The Balaban J connectivity index is 0. The molecule has 0 unspecified atom stereocenters. The summed E-state index contributed by atoms with van der Waals surface area (Å²) in [5.74, 6) is 0. The molecule has 0 aliphatic carbocycles. The summed E-state index contributed by atoms with van der Waals surface area (Å²) in [6.45, 7) is 0. The first-order valence-electron chi connectivity index (χ1n) is 0. The Morgan fingerprint density at radius 3 is 0.600 bits per heavy atom. The van der Waals surface area contributed by atoms with Crippen molar-refractivity contribution in [3.05, 3.63) is 0 Å². The molecule has 0 saturated heterocycles. The Kier molecular flexibility index (Phi) is 343. The smallest absolute Gasteiger partial charge is 1.00 e. The topological polar surface area (TPSA) is 0 Å². The van der Waals surface area contributed by atoms with Crippen LogP contribution in [0, 0.1) is 0 Å². The second kappa shape index (κ2) is 32.5. The predicted molar refractivity (Wildman–Crippen MR) is 0 cm³/mol. The molecule has 5 heteroatoms. The normalized spacial score (nSPS) is 0. The van der Waals surface area contributed by atoms with E-state index in [4.69, 9.17) is 0 Å². The minimum atomic E-state index is 0. The average molecular weight is 226 g/mol. The second-order valence-corrected chi connectivity index (χ2v) is 0. The van der Waals surface area contributed by atoms with E-state index in [0.29, 0.717) is 0 Å². The van der Waals surface area contributed by atoms with E-state index in [1.165, 1.54) is 0 Å². The molecule has 0 spiro atoms. The summed E-state index contributed by atoms with van der Waals surface area (Å²) in [5, 5.41) is 0. The van der Waals surface area contributed by atoms with Crippen LogP contribution in [0.4, 0.5) is 0 Å². The van der Waals surface area contributed by atoms with Gasteiger partial charge >= 0.3 is 46.2 Å². The summed E-state index contributed by atoms with van der Waals surface area (Å²) in [7, 11) is 0. The molecule has 5 heavy (non-hydrogen) atoms. The van der Waals surface area contributed by atoms with E-state index in [1.54, 1.807) is 0 Å². The van der Waals surface area contributed by atoms with E-state index in [-0.39, 0.29) is 83.4 Å². The molecule has 24 valence electrons. The van der Waals surface area contributed by atoms with Crippen molar-refractivity contribution in [3.63, 3.8) is 0 Å². The van der Waals surface area contributed by atoms with Crippen molar-refractivity contribution in [2.45, 2.75) is 0 Å². The van der Waals surface area contributed by atoms with Gasteiger partial charge in [-0.3, -0.25) is 0 Å². The number of rotatable bonds is 0. The van der Waals surface area contributed by atoms with E-state index < -0.39 is 0 Å². The number of halogens is 3. The van der Waals surface area contributed by atoms with Gasteiger partial charge in [-0.15, -0.1) is 0 Å². The molecular weight excluding hydrogens is 226 g/mol. The van der Waals surface area contributed by atoms with E-state index in [9.17, 15) is 0 Å². The second-order valence-electron chi connectivity index (χ2n) is 0. The van der Waals surface area contributed by atoms with Crippen LogP contribution in [0.15, 0.2) is 0 Å². The SMILES string of the molecule is [Cd+2].[Cl-].[Cl-].[Cl-].[Li+]. The van der Waals surface area contributed by atoms with E-state index in [1.807, 2.05) is 0 Å². The van der Waals surface area contributed by atoms with Crippen LogP contribution < -0.4 is 56.1 Å². The van der Waals surface area contributed by atoms with Gasteiger partial charge in [0.15, 0.2) is 0 Å². The average Bonchev–Trinajstić information content (AvgIpc) is 0. The van der Waals surface area contributed by atoms with Gasteiger partial charge in [0.2, 0.25) is 0 Å². The van der Waals surface area contributed by atoms with Crippen molar-refractivity contribution in [1.29, 1.82) is 0 Å². The van der Waals surface area contributed by atoms with Gasteiger partial charge in [-0.2, -0.15) is 0 Å². The van der Waals surface area contributed by atoms with Gasteiger partial charge in [-0.1, -0.05) is 0 Å². The van der Waals surface area contributed by atoms with Crippen LogP contribution in [0.3, 0.4) is 0 Å². The van der Waals surface area contributed by atoms with Crippen molar-refractivity contribution in [3.8, 4) is 0 Å². The van der Waals surface area contributed by atoms with Crippen LogP contribution in [0.2, 0.25) is 0 Å². The Morgan fingerprint density at radius 1 is 0.600 bits per heavy atom. The van der Waals surface area contributed by atoms with Crippen molar-refractivity contribution in [2.75, 3.05) is 0 Å². The number of hydrogen-bond donors (Lipinski definition) is 0. The monoisotopic (exact) mass is 226 g/mol. The standard InChI is InChI=1S/Cd.3ClH.Li/h;3*1H;/q+2;;;;+1/p-3. The van der Waals surface area contributed by atoms with E-state index in [2.05, 4.69) is 0 Å². The zero-order valence-electron chi connectivity index (χ0n) is 2.84. The summed E-state index contributed by atoms with van der Waals surface area (Å²) in [6, 6.07) is 0. The Bertz CT molecular complexity index is 6.85. The van der Waals surface area contributed by atoms with Crippen molar-refractivity contribution < 1.29 is 83.4 Å². The first kappa shape index (κ1) is 52.8. The molecular formula is CdCl3Li. The predicted octanol–water partition coefficient (Wildman–Crippen LogP) is -12.0. The third-order valence-electron chi connectivity index (χ3n) is 0. The maximum Gasteiger partial charge on any atom is 2.00 e. The van der Waals surface area contributed by atoms with Gasteiger partial charge in [0, 0.05) is 0 Å². The summed E-state index contributed by atoms with van der Waals surface area (Å²) >= 11 is 0. The summed E-state index contributed by atoms with van der Waals surface area (Å²) in [6.07, 6.45) is 0. The molecule has 0 amide bonds. The fourth-order valence-electron chi connectivity index (χ4n) is 0. The molecule has 0 aliphatic heterocycles. The largest absolute Gasteiger partial charge is 2.00 e. The Morgan fingerprint density at radius 2 is 0.600 bits per heavy atom. The molecule has 0 atom stereocenters. The minimum absolute atomic E-state index is 0. The van der Waals surface area contributed by atoms with E-state index in [0.717, 1.165) is 0 Å². The van der Waals surface area contributed by atoms with Gasteiger partial charge in [-0.25, -0.2) is 0 Å². The first-order valence-corrected chi connectivity index (χ1v) is 0. The van der Waals surface area contributed by atoms with Crippen LogP contribution in [-0.4, -0.2) is 0 Å². The molecule has 0 fully saturated rings. The van der Waals surface area contributed by atoms with Crippen molar-refractivity contribution in [1.82, 2.24) is 0 Å². The fourth-order valence-corrected chi connectivity index (χ4v) is 0. The molecule has 0 saturated carbocycles. The van der Waals surface area contributed by atoms with Crippen LogP contribution in [0.25, 0.3) is 0 Å². The molecule has 0 nitrogen and oxygen atoms in total. The molecule has 0 rings (SSSR count). The van der Waals surface area contributed by atoms with Gasteiger partial charge in [0.05, 0.1) is 0 Å². The molecule has 0 aromatic rings. The molecule has 0 radical (unpaired) electrons. The molecule has 0 bridgehead atoms. The summed E-state index contributed by atoms with van der Waals surface area (Å²) < 4.78 is 0. The quantitative estimate of drug-likeness (QED) is 0.360. The Hall–Kier alpha value is 2.39. The van der Waals surface area contributed by atoms with Crippen LogP contribution in [-0.2, 0) is 27.3 Å². The molecule has 0 heterocycles. The zero-order chi connectivity index (χ0) is 0. The van der Waals surface area contributed by atoms with Gasteiger partial charge < -0.3 is 37.2 Å². The fraction of sp³-hybridized carbons (Fsp3) is 0. The Labute approximate surface area is 82.4 Å². The van der Waals surface area contributed by atoms with Gasteiger partial charge in [0.1, 0.15) is 0 Å². The molecule has 0 N–H and O–H groups in total. The van der Waals surface area contributed by atoms with Crippen LogP contribution in [0.5, 0.6) is 0 Å². The van der Waals surface area contributed by atoms with Crippen LogP contribution in [0.1, 0.15) is 0 Å². The first-order chi connectivity index (χ1) is 0. The summed E-state index contributed by atoms with van der Waals surface area (Å²) in [4.78, 5) is 0. The van der Waals surface area contributed by atoms with E-state index >= 15 is 0 Å². The van der Waals surface area contributed by atoms with Crippen molar-refractivity contribution >= 4 is 0 Å². The van der Waals surface area contributed by atoms with Gasteiger partial charge in [0.25, 0.3) is 0 Å². The third-order valence-corrected chi connectivity index (χ3v) is 0. The molecule has 0 aromatic heterocycles. The third kappa shape index (κ3) is 21.6. The van der Waals surface area contributed by atoms with Crippen LogP contribution >= 0.6 is 0 Å².